The van der Waals surface area contributed by atoms with Gasteiger partial charge in [-0.15, -0.1) is 32.0 Å². The summed E-state index contributed by atoms with van der Waals surface area (Å²) in [6.45, 7) is 16.6. The van der Waals surface area contributed by atoms with E-state index in [0.29, 0.717) is 38.8 Å². The van der Waals surface area contributed by atoms with Crippen LogP contribution in [-0.2, 0) is 55.7 Å². The van der Waals surface area contributed by atoms with Crippen LogP contribution in [0.4, 0.5) is 11.6 Å². The molecule has 4 fully saturated rings. The highest BCUT2D eigenvalue weighted by molar-refractivity contribution is 9.10. The molecule has 0 radical (unpaired) electrons. The Balaban J connectivity index is 0.000000140. The number of carbonyl (C=O) groups excluding carboxylic acids is 5. The largest absolute Gasteiger partial charge is 0.498 e. The van der Waals surface area contributed by atoms with Gasteiger partial charge in [0, 0.05) is 124 Å². The average Bonchev–Trinajstić information content (AvgIpc) is 1.64. The number of carbonyl (C=O) groups is 5. The van der Waals surface area contributed by atoms with Gasteiger partial charge in [-0.1, -0.05) is 0 Å². The van der Waals surface area contributed by atoms with Crippen molar-refractivity contribution in [1.82, 2.24) is 103 Å². The monoisotopic (exact) mass is 1530 g/mol. The zero-order valence-corrected chi connectivity index (χ0v) is 63.3. The van der Waals surface area contributed by atoms with Crippen molar-refractivity contribution in [2.24, 2.45) is 11.8 Å². The molecule has 15 rings (SSSR count). The molecular weight excluding hydrogens is 1450 g/mol. The highest BCUT2D eigenvalue weighted by atomic mass is 79.9. The fourth-order valence-corrected chi connectivity index (χ4v) is 11.7. The van der Waals surface area contributed by atoms with Crippen LogP contribution in [0.1, 0.15) is 81.1 Å². The first-order valence-corrected chi connectivity index (χ1v) is 35.7. The molecule has 13 heterocycles. The van der Waals surface area contributed by atoms with E-state index in [0.717, 1.165) is 68.0 Å². The summed E-state index contributed by atoms with van der Waals surface area (Å²) in [6, 6.07) is 15.1. The topological polar surface area (TPSA) is 341 Å². The fraction of sp³-hybridized carbons (Fsp3) is 0.415. The number of anilines is 2. The number of amides is 5. The third kappa shape index (κ3) is 18.5. The first kappa shape index (κ1) is 75.1. The normalized spacial score (nSPS) is 16.0. The number of hydrogen-bond acceptors (Lipinski definition) is 22. The molecule has 0 aromatic carbocycles. The molecule has 2 saturated heterocycles. The minimum Gasteiger partial charge on any atom is -0.399 e. The third-order valence-corrected chi connectivity index (χ3v) is 20.0. The smallest absolute Gasteiger partial charge is 0.399 e. The maximum absolute atomic E-state index is 12.0. The van der Waals surface area contributed by atoms with Crippen molar-refractivity contribution in [3.05, 3.63) is 115 Å². The number of H-pyrrole nitrogens is 1. The van der Waals surface area contributed by atoms with Gasteiger partial charge in [0.05, 0.1) is 41.0 Å². The van der Waals surface area contributed by atoms with Crippen molar-refractivity contribution in [3.63, 3.8) is 0 Å². The van der Waals surface area contributed by atoms with Crippen molar-refractivity contribution in [1.29, 1.82) is 0 Å². The van der Waals surface area contributed by atoms with Gasteiger partial charge in [0.2, 0.25) is 39.8 Å². The molecule has 2 aliphatic carbocycles. The van der Waals surface area contributed by atoms with E-state index < -0.39 is 7.12 Å². The first-order chi connectivity index (χ1) is 48.8. The van der Waals surface area contributed by atoms with Crippen LogP contribution in [0, 0.1) is 11.8 Å². The summed E-state index contributed by atoms with van der Waals surface area (Å²) in [5.74, 6) is 1.28. The number of nitrogens with zero attached hydrogens (tertiary/aromatic N) is 20. The second-order valence-corrected chi connectivity index (χ2v) is 30.4. The number of likely N-dealkylation sites (N-methyl/N-ethyl adjacent to an activating group) is 2. The Morgan fingerprint density at radius 2 is 0.990 bits per heavy atom. The van der Waals surface area contributed by atoms with Crippen molar-refractivity contribution in [3.8, 4) is 11.1 Å². The zero-order valence-electron chi connectivity index (χ0n) is 59.3. The van der Waals surface area contributed by atoms with Gasteiger partial charge in [0.1, 0.15) is 29.0 Å². The van der Waals surface area contributed by atoms with E-state index in [1.54, 1.807) is 104 Å². The van der Waals surface area contributed by atoms with Crippen LogP contribution in [0.5, 0.6) is 0 Å². The molecule has 11 aromatic rings. The van der Waals surface area contributed by atoms with E-state index in [-0.39, 0.29) is 89.9 Å². The van der Waals surface area contributed by atoms with Gasteiger partial charge in [-0.2, -0.15) is 25.5 Å². The Bertz CT molecular complexity index is 4840. The molecule has 2 saturated carbocycles. The first-order valence-electron chi connectivity index (χ1n) is 32.8. The van der Waals surface area contributed by atoms with Crippen LogP contribution in [0.2, 0.25) is 0 Å². The van der Waals surface area contributed by atoms with Crippen molar-refractivity contribution in [2.45, 2.75) is 137 Å². The second-order valence-electron chi connectivity index (χ2n) is 27.2. The molecule has 4 aliphatic rings. The number of imidazole rings is 2. The lowest BCUT2D eigenvalue weighted by Crippen LogP contribution is -2.41. The third-order valence-electron chi connectivity index (χ3n) is 17.5. The number of fused-ring (bicyclic) bond motifs is 4. The Kier molecular flexibility index (Phi) is 22.6. The summed E-state index contributed by atoms with van der Waals surface area (Å²) in [7, 11) is 9.48. The maximum Gasteiger partial charge on any atom is 0.498 e. The molecule has 103 heavy (non-hydrogen) atoms. The van der Waals surface area contributed by atoms with Gasteiger partial charge in [0.15, 0.2) is 34.2 Å². The Morgan fingerprint density at radius 1 is 0.544 bits per heavy atom. The summed E-state index contributed by atoms with van der Waals surface area (Å²) in [4.78, 5) is 71.2. The highest BCUT2D eigenvalue weighted by Gasteiger charge is 2.53. The minimum absolute atomic E-state index is 0.00596. The molecule has 32 nitrogen and oxygen atoms in total. The van der Waals surface area contributed by atoms with E-state index in [1.165, 1.54) is 38.2 Å². The van der Waals surface area contributed by atoms with Crippen molar-refractivity contribution >= 4 is 140 Å². The zero-order chi connectivity index (χ0) is 73.9. The molecule has 0 atom stereocenters. The lowest BCUT2D eigenvalue weighted by Gasteiger charge is -2.32. The van der Waals surface area contributed by atoms with Crippen LogP contribution in [-0.4, -0.2) is 217 Å². The summed E-state index contributed by atoms with van der Waals surface area (Å²) in [5.41, 5.74) is 5.03. The molecule has 2 aliphatic heterocycles. The lowest BCUT2D eigenvalue weighted by molar-refractivity contribution is -0.130. The second kappa shape index (κ2) is 31.1. The van der Waals surface area contributed by atoms with Crippen LogP contribution >= 0.6 is 51.1 Å². The molecule has 0 spiro atoms. The quantitative estimate of drug-likeness (QED) is 0.0681. The molecule has 0 unspecified atom stereocenters. The van der Waals surface area contributed by atoms with Gasteiger partial charge in [-0.25, -0.2) is 19.0 Å². The van der Waals surface area contributed by atoms with E-state index in [2.05, 4.69) is 87.5 Å². The van der Waals surface area contributed by atoms with Crippen LogP contribution in [0.25, 0.3) is 33.7 Å². The number of rotatable bonds is 16. The summed E-state index contributed by atoms with van der Waals surface area (Å²) >= 11 is 11.4. The molecular formula is C65H79B2BrClN23O9S2. The molecule has 11 aromatic heterocycles. The van der Waals surface area contributed by atoms with Gasteiger partial charge in [0.25, 0.3) is 0 Å². The molecule has 0 bridgehead atoms. The Morgan fingerprint density at radius 3 is 1.44 bits per heavy atom. The van der Waals surface area contributed by atoms with E-state index >= 15 is 0 Å². The molecule has 3 N–H and O–H groups in total. The predicted octanol–water partition coefficient (Wildman–Crippen LogP) is 6.55. The number of aromatic nitrogens is 18. The highest BCUT2D eigenvalue weighted by Crippen LogP contribution is 2.38. The SMILES string of the molecule is CC1(C)OB(c2cn[nH]c2)OC1(C)C.CN(C)C(=O)CCl.CN(C)C(=O)Cn1cc(-c2ccc3nnc(Sc4ccc5nc(NC(=O)C6CC6)cn5n4)n3c2)cn1.CN(C)C(=O)Cn1cc(B2OC(C)(C)C(C)(C)O2)cn1.O=C(Nc1cn2nc(Sc3nnc4ccc(Br)cn34)ccc2n1)C1CC1. The van der Waals surface area contributed by atoms with Gasteiger partial charge >= 0.3 is 14.2 Å². The van der Waals surface area contributed by atoms with Crippen molar-refractivity contribution in [2.75, 3.05) is 58.8 Å². The average molecular weight is 1530 g/mol. The van der Waals surface area contributed by atoms with E-state index in [9.17, 15) is 24.0 Å². The van der Waals surface area contributed by atoms with Gasteiger partial charge < -0.3 is 44.0 Å². The fourth-order valence-electron chi connectivity index (χ4n) is 9.53. The lowest BCUT2D eigenvalue weighted by atomic mass is 9.82. The Labute approximate surface area is 615 Å². The van der Waals surface area contributed by atoms with E-state index in [4.69, 9.17) is 30.2 Å². The van der Waals surface area contributed by atoms with Crippen LogP contribution in [0.3, 0.4) is 0 Å². The van der Waals surface area contributed by atoms with E-state index in [1.807, 2.05) is 131 Å². The number of hydrogen-bond donors (Lipinski definition) is 3. The van der Waals surface area contributed by atoms with Crippen LogP contribution in [0.15, 0.2) is 135 Å². The molecule has 540 valence electrons. The maximum atomic E-state index is 12.0. The molecule has 38 heteroatoms. The number of aromatic amines is 1. The van der Waals surface area contributed by atoms with Crippen LogP contribution < -0.4 is 21.6 Å². The minimum atomic E-state index is -0.441. The number of alkyl halides is 1. The number of nitrogens with one attached hydrogen (secondary N) is 3. The summed E-state index contributed by atoms with van der Waals surface area (Å²) < 4.78 is 34.8. The van der Waals surface area contributed by atoms with Gasteiger partial charge in [-0.05, 0) is 169 Å². The summed E-state index contributed by atoms with van der Waals surface area (Å²) in [6.07, 6.45) is 21.6. The molecule has 5 amide bonds. The Hall–Kier alpha value is -9.10. The van der Waals surface area contributed by atoms with Gasteiger partial charge in [-0.3, -0.25) is 47.2 Å². The standard InChI is InChI=1S/C23H22N10O2S.C16H12BrN7OS.C13H22BN3O3.C9H15BN2O2.C4H8ClNO/c1-30(2)21(34)13-31-10-16(9-24-31)15-5-6-19-27-28-23(32(19)11-15)36-20-8-7-18-25-17(12-33(18)29-20)26-22(35)14-3-4-14;17-10-3-4-13-20-21-16(23(13)7-10)26-14-6-5-12-18-11(8-24(12)22-14)19-15(25)9-1-2-9;1-12(2)13(3,4)20-14(19-12)10-7-15-17(8-10)9-11(18)16(5)6;1-8(2)9(3,4)14-10(13-8)7-5-11-12-6-7;1-6(2)4(7)3-5/h5-12,14H,3-4,13H2,1-2H3,(H,26,35);3-9H,1-2H2,(H,19,25);7-8H,9H2,1-6H3;5-6H,1-4H3,(H,11,12);3H2,1-2H3. The van der Waals surface area contributed by atoms with Crippen molar-refractivity contribution < 1.29 is 42.6 Å². The summed E-state index contributed by atoms with van der Waals surface area (Å²) in [5, 5.41) is 49.7. The number of halogens is 2. The number of pyridine rings is 2. The predicted molar refractivity (Wildman–Crippen MR) is 391 cm³/mol.